The topological polar surface area (TPSA) is 66.5 Å². The van der Waals surface area contributed by atoms with Crippen molar-refractivity contribution in [3.8, 4) is 0 Å². The van der Waals surface area contributed by atoms with Crippen molar-refractivity contribution in [1.82, 2.24) is 4.90 Å². The molecule has 0 unspecified atom stereocenters. The molecule has 2 amide bonds. The quantitative estimate of drug-likeness (QED) is 0.848. The molecule has 0 spiro atoms. The van der Waals surface area contributed by atoms with Gasteiger partial charge in [-0.3, -0.25) is 19.3 Å². The Labute approximate surface area is 144 Å². The van der Waals surface area contributed by atoms with Gasteiger partial charge in [-0.25, -0.2) is 4.39 Å². The highest BCUT2D eigenvalue weighted by molar-refractivity contribution is 8.04. The molecule has 0 saturated carbocycles. The second-order valence-electron chi connectivity index (χ2n) is 6.42. The van der Waals surface area contributed by atoms with Crippen molar-refractivity contribution in [2.75, 3.05) is 17.6 Å². The van der Waals surface area contributed by atoms with Crippen LogP contribution in [0, 0.1) is 11.2 Å². The third kappa shape index (κ3) is 4.67. The number of hydrogen-bond acceptors (Lipinski definition) is 4. The summed E-state index contributed by atoms with van der Waals surface area (Å²) in [5, 5.41) is 3.08. The van der Waals surface area contributed by atoms with E-state index in [1.54, 1.807) is 20.8 Å². The molecule has 0 aromatic heterocycles. The van der Waals surface area contributed by atoms with Gasteiger partial charge in [0.15, 0.2) is 5.78 Å². The average Bonchev–Trinajstić information content (AvgIpc) is 2.81. The number of anilines is 1. The van der Waals surface area contributed by atoms with Gasteiger partial charge in [0.2, 0.25) is 11.8 Å². The summed E-state index contributed by atoms with van der Waals surface area (Å²) < 4.78 is 12.9. The summed E-state index contributed by atoms with van der Waals surface area (Å²) in [5.74, 6) is -0.935. The van der Waals surface area contributed by atoms with Crippen LogP contribution in [-0.2, 0) is 14.4 Å². The predicted molar refractivity (Wildman–Crippen MR) is 91.7 cm³/mol. The number of hydrogen-bond donors (Lipinski definition) is 1. The number of allylic oxidation sites excluding steroid dienone is 1. The molecule has 1 saturated heterocycles. The number of rotatable bonds is 4. The summed E-state index contributed by atoms with van der Waals surface area (Å²) in [6.07, 6.45) is 1.42. The lowest BCUT2D eigenvalue weighted by Gasteiger charge is -2.19. The highest BCUT2D eigenvalue weighted by Gasteiger charge is 2.30. The highest BCUT2D eigenvalue weighted by Crippen LogP contribution is 2.30. The number of carbonyl (C=O) groups is 3. The first-order chi connectivity index (χ1) is 11.2. The molecule has 2 rings (SSSR count). The predicted octanol–water partition coefficient (Wildman–Crippen LogP) is 2.80. The van der Waals surface area contributed by atoms with Gasteiger partial charge >= 0.3 is 0 Å². The van der Waals surface area contributed by atoms with Crippen LogP contribution >= 0.6 is 11.8 Å². The molecule has 1 fully saturated rings. The van der Waals surface area contributed by atoms with Crippen LogP contribution in [0.4, 0.5) is 10.1 Å². The first kappa shape index (κ1) is 18.2. The zero-order valence-electron chi connectivity index (χ0n) is 13.8. The van der Waals surface area contributed by atoms with Gasteiger partial charge in [-0.15, -0.1) is 0 Å². The minimum absolute atomic E-state index is 0.108. The summed E-state index contributed by atoms with van der Waals surface area (Å²) in [6.45, 7) is 5.19. The lowest BCUT2D eigenvalue weighted by Crippen LogP contribution is -2.34. The molecule has 128 valence electrons. The second kappa shape index (κ2) is 7.17. The van der Waals surface area contributed by atoms with Crippen molar-refractivity contribution in [1.29, 1.82) is 0 Å². The minimum Gasteiger partial charge on any atom is -0.325 e. The molecule has 0 radical (unpaired) electrons. The summed E-state index contributed by atoms with van der Waals surface area (Å²) in [7, 11) is 0. The van der Waals surface area contributed by atoms with Crippen molar-refractivity contribution < 1.29 is 18.8 Å². The molecule has 0 atom stereocenters. The maximum absolute atomic E-state index is 12.9. The SMILES string of the molecule is CC(C)(C)C(=O)/C=C1/SCC(=O)N1CC(=O)Nc1ccc(F)cc1. The van der Waals surface area contributed by atoms with E-state index in [1.807, 2.05) is 0 Å². The molecule has 0 bridgehead atoms. The lowest BCUT2D eigenvalue weighted by atomic mass is 9.91. The molecule has 1 heterocycles. The number of amides is 2. The van der Waals surface area contributed by atoms with Crippen LogP contribution in [0.15, 0.2) is 35.4 Å². The van der Waals surface area contributed by atoms with Crippen molar-refractivity contribution in [3.63, 3.8) is 0 Å². The molecule has 7 heteroatoms. The first-order valence-corrected chi connectivity index (χ1v) is 8.40. The standard InChI is InChI=1S/C17H19FN2O3S/c1-17(2,3)13(21)8-16-20(15(23)10-24-16)9-14(22)19-12-6-4-11(18)5-7-12/h4-8H,9-10H2,1-3H3,(H,19,22)/b16-8+. The fraction of sp³-hybridized carbons (Fsp3) is 0.353. The van der Waals surface area contributed by atoms with Gasteiger partial charge in [-0.05, 0) is 24.3 Å². The molecule has 0 aliphatic carbocycles. The van der Waals surface area contributed by atoms with Crippen LogP contribution in [0.25, 0.3) is 0 Å². The zero-order valence-corrected chi connectivity index (χ0v) is 14.6. The van der Waals surface area contributed by atoms with Crippen LogP contribution in [0.1, 0.15) is 20.8 Å². The van der Waals surface area contributed by atoms with Crippen molar-refractivity contribution >= 4 is 35.0 Å². The molecule has 1 aromatic carbocycles. The highest BCUT2D eigenvalue weighted by atomic mass is 32.2. The molecule has 1 aromatic rings. The second-order valence-corrected chi connectivity index (χ2v) is 7.42. The van der Waals surface area contributed by atoms with E-state index in [9.17, 15) is 18.8 Å². The van der Waals surface area contributed by atoms with Crippen LogP contribution in [-0.4, -0.2) is 34.8 Å². The van der Waals surface area contributed by atoms with Gasteiger partial charge in [0.05, 0.1) is 10.8 Å². The number of nitrogens with one attached hydrogen (secondary N) is 1. The third-order valence-corrected chi connectivity index (χ3v) is 4.36. The van der Waals surface area contributed by atoms with E-state index in [0.717, 1.165) is 0 Å². The molecule has 1 aliphatic rings. The minimum atomic E-state index is -0.554. The zero-order chi connectivity index (χ0) is 17.9. The summed E-state index contributed by atoms with van der Waals surface area (Å²) in [6, 6.07) is 5.35. The first-order valence-electron chi connectivity index (χ1n) is 7.41. The molecule has 1 aliphatic heterocycles. The van der Waals surface area contributed by atoms with Gasteiger partial charge in [-0.1, -0.05) is 32.5 Å². The number of nitrogens with zero attached hydrogens (tertiary/aromatic N) is 1. The molecular formula is C17H19FN2O3S. The Morgan fingerprint density at radius 1 is 1.29 bits per heavy atom. The van der Waals surface area contributed by atoms with Crippen molar-refractivity contribution in [3.05, 3.63) is 41.2 Å². The number of halogens is 1. The number of benzene rings is 1. The Balaban J connectivity index is 2.06. The average molecular weight is 350 g/mol. The van der Waals surface area contributed by atoms with Gasteiger partial charge in [0.1, 0.15) is 12.4 Å². The van der Waals surface area contributed by atoms with Crippen molar-refractivity contribution in [2.24, 2.45) is 5.41 Å². The smallest absolute Gasteiger partial charge is 0.244 e. The molecule has 5 nitrogen and oxygen atoms in total. The van der Waals surface area contributed by atoms with Gasteiger partial charge in [0.25, 0.3) is 0 Å². The Morgan fingerprint density at radius 2 is 1.92 bits per heavy atom. The maximum Gasteiger partial charge on any atom is 0.244 e. The summed E-state index contributed by atoms with van der Waals surface area (Å²) >= 11 is 1.24. The number of ketones is 1. The van der Waals surface area contributed by atoms with Crippen LogP contribution < -0.4 is 5.32 Å². The molecular weight excluding hydrogens is 331 g/mol. The lowest BCUT2D eigenvalue weighted by molar-refractivity contribution is -0.129. The molecule has 24 heavy (non-hydrogen) atoms. The number of thioether (sulfide) groups is 1. The van der Waals surface area contributed by atoms with E-state index in [4.69, 9.17) is 0 Å². The van der Waals surface area contributed by atoms with Crippen molar-refractivity contribution in [2.45, 2.75) is 20.8 Å². The van der Waals surface area contributed by atoms with E-state index in [0.29, 0.717) is 10.7 Å². The fourth-order valence-electron chi connectivity index (χ4n) is 1.91. The Morgan fingerprint density at radius 3 is 2.50 bits per heavy atom. The van der Waals surface area contributed by atoms with E-state index in [1.165, 1.54) is 47.0 Å². The Kier molecular flexibility index (Phi) is 5.43. The fourth-order valence-corrected chi connectivity index (χ4v) is 2.85. The monoisotopic (exact) mass is 350 g/mol. The summed E-state index contributed by atoms with van der Waals surface area (Å²) in [4.78, 5) is 37.5. The molecule has 1 N–H and O–H groups in total. The largest absolute Gasteiger partial charge is 0.325 e. The summed E-state index contributed by atoms with van der Waals surface area (Å²) in [5.41, 5.74) is -0.113. The van der Waals surface area contributed by atoms with E-state index in [2.05, 4.69) is 5.32 Å². The van der Waals surface area contributed by atoms with E-state index in [-0.39, 0.29) is 24.0 Å². The van der Waals surface area contributed by atoms with Gasteiger partial charge in [-0.2, -0.15) is 0 Å². The van der Waals surface area contributed by atoms with Gasteiger partial charge < -0.3 is 5.32 Å². The van der Waals surface area contributed by atoms with E-state index >= 15 is 0 Å². The normalized spacial score (nSPS) is 16.6. The van der Waals surface area contributed by atoms with Crippen LogP contribution in [0.2, 0.25) is 0 Å². The third-order valence-electron chi connectivity index (χ3n) is 3.33. The van der Waals surface area contributed by atoms with Crippen LogP contribution in [0.5, 0.6) is 0 Å². The van der Waals surface area contributed by atoms with E-state index < -0.39 is 17.1 Å². The van der Waals surface area contributed by atoms with Gasteiger partial charge in [0, 0.05) is 17.2 Å². The number of carbonyl (C=O) groups excluding carboxylic acids is 3. The Hall–Kier alpha value is -2.15. The Bertz CT molecular complexity index is 693. The maximum atomic E-state index is 12.9. The van der Waals surface area contributed by atoms with Crippen LogP contribution in [0.3, 0.4) is 0 Å².